The minimum atomic E-state index is -0.0540. The summed E-state index contributed by atoms with van der Waals surface area (Å²) < 4.78 is 5.22. The Balaban J connectivity index is 1.86. The second kappa shape index (κ2) is 9.55. The molecule has 5 heteroatoms. The number of methoxy groups -OCH3 is 1. The number of carbonyl (C=O) groups excluding carboxylic acids is 1. The molecule has 2 aromatic rings. The molecule has 0 aliphatic rings. The third kappa shape index (κ3) is 5.57. The molecule has 128 valence electrons. The summed E-state index contributed by atoms with van der Waals surface area (Å²) in [6, 6.07) is 11.5. The van der Waals surface area contributed by atoms with Gasteiger partial charge in [-0.2, -0.15) is 0 Å². The number of anilines is 1. The van der Waals surface area contributed by atoms with E-state index >= 15 is 0 Å². The van der Waals surface area contributed by atoms with Gasteiger partial charge in [0, 0.05) is 24.8 Å². The summed E-state index contributed by atoms with van der Waals surface area (Å²) >= 11 is 0. The van der Waals surface area contributed by atoms with E-state index in [0.29, 0.717) is 17.9 Å². The van der Waals surface area contributed by atoms with Crippen molar-refractivity contribution in [3.8, 4) is 5.75 Å². The van der Waals surface area contributed by atoms with Gasteiger partial charge in [-0.15, -0.1) is 0 Å². The fourth-order valence-electron chi connectivity index (χ4n) is 2.31. The largest absolute Gasteiger partial charge is 0.497 e. The molecule has 5 nitrogen and oxygen atoms in total. The fourth-order valence-corrected chi connectivity index (χ4v) is 2.31. The van der Waals surface area contributed by atoms with Crippen LogP contribution in [0, 0.1) is 0 Å². The van der Waals surface area contributed by atoms with Gasteiger partial charge in [0.15, 0.2) is 0 Å². The standard InChI is InChI=1S/C19H25N3O2/c1-3-4-10-22-19(23)16-9-12-21-18(14-16)20-11-8-15-6-5-7-17(13-15)24-2/h5-7,9,12-14H,3-4,8,10-11H2,1-2H3,(H,20,21)(H,22,23). The van der Waals surface area contributed by atoms with Crippen LogP contribution in [0.3, 0.4) is 0 Å². The van der Waals surface area contributed by atoms with Crippen LogP contribution in [-0.4, -0.2) is 31.1 Å². The smallest absolute Gasteiger partial charge is 0.251 e. The molecule has 24 heavy (non-hydrogen) atoms. The van der Waals surface area contributed by atoms with Crippen LogP contribution in [-0.2, 0) is 6.42 Å². The third-order valence-corrected chi connectivity index (χ3v) is 3.69. The zero-order chi connectivity index (χ0) is 17.2. The molecule has 0 aliphatic carbocycles. The highest BCUT2D eigenvalue weighted by molar-refractivity contribution is 5.94. The van der Waals surface area contributed by atoms with Crippen molar-refractivity contribution >= 4 is 11.7 Å². The Morgan fingerprint density at radius 1 is 1.21 bits per heavy atom. The Bertz CT molecular complexity index is 659. The summed E-state index contributed by atoms with van der Waals surface area (Å²) in [7, 11) is 1.67. The minimum Gasteiger partial charge on any atom is -0.497 e. The Morgan fingerprint density at radius 3 is 2.88 bits per heavy atom. The molecule has 2 rings (SSSR count). The van der Waals surface area contributed by atoms with Crippen molar-refractivity contribution in [1.29, 1.82) is 0 Å². The van der Waals surface area contributed by atoms with Crippen LogP contribution < -0.4 is 15.4 Å². The van der Waals surface area contributed by atoms with Crippen molar-refractivity contribution in [2.75, 3.05) is 25.5 Å². The SMILES string of the molecule is CCCCNC(=O)c1ccnc(NCCc2cccc(OC)c2)c1. The van der Waals surface area contributed by atoms with E-state index in [1.165, 1.54) is 5.56 Å². The van der Waals surface area contributed by atoms with Crippen molar-refractivity contribution in [3.05, 3.63) is 53.7 Å². The maximum absolute atomic E-state index is 12.1. The van der Waals surface area contributed by atoms with Gasteiger partial charge >= 0.3 is 0 Å². The Hall–Kier alpha value is -2.56. The van der Waals surface area contributed by atoms with E-state index in [1.54, 1.807) is 25.4 Å². The molecule has 0 radical (unpaired) electrons. The lowest BCUT2D eigenvalue weighted by Crippen LogP contribution is -2.24. The van der Waals surface area contributed by atoms with E-state index < -0.39 is 0 Å². The lowest BCUT2D eigenvalue weighted by Gasteiger charge is -2.09. The highest BCUT2D eigenvalue weighted by Gasteiger charge is 2.06. The molecule has 1 amide bonds. The van der Waals surface area contributed by atoms with Crippen LogP contribution in [0.5, 0.6) is 5.75 Å². The van der Waals surface area contributed by atoms with Crippen LogP contribution >= 0.6 is 0 Å². The summed E-state index contributed by atoms with van der Waals surface area (Å²) in [5, 5.41) is 6.17. The second-order valence-electron chi connectivity index (χ2n) is 5.57. The van der Waals surface area contributed by atoms with Gasteiger partial charge in [0.1, 0.15) is 11.6 Å². The molecule has 0 spiro atoms. The molecule has 0 atom stereocenters. The highest BCUT2D eigenvalue weighted by Crippen LogP contribution is 2.13. The first-order valence-corrected chi connectivity index (χ1v) is 8.34. The molecule has 0 unspecified atom stereocenters. The van der Waals surface area contributed by atoms with Gasteiger partial charge in [0.05, 0.1) is 7.11 Å². The van der Waals surface area contributed by atoms with E-state index in [9.17, 15) is 4.79 Å². The molecule has 0 aliphatic heterocycles. The summed E-state index contributed by atoms with van der Waals surface area (Å²) in [4.78, 5) is 16.3. The number of hydrogen-bond acceptors (Lipinski definition) is 4. The van der Waals surface area contributed by atoms with Crippen molar-refractivity contribution in [1.82, 2.24) is 10.3 Å². The first-order chi connectivity index (χ1) is 11.7. The number of nitrogens with zero attached hydrogens (tertiary/aromatic N) is 1. The van der Waals surface area contributed by atoms with Gasteiger partial charge in [0.2, 0.25) is 0 Å². The van der Waals surface area contributed by atoms with Crippen molar-refractivity contribution < 1.29 is 9.53 Å². The van der Waals surface area contributed by atoms with Crippen molar-refractivity contribution in [3.63, 3.8) is 0 Å². The summed E-state index contributed by atoms with van der Waals surface area (Å²) in [5.74, 6) is 1.51. The normalized spacial score (nSPS) is 10.2. The number of pyridine rings is 1. The highest BCUT2D eigenvalue weighted by atomic mass is 16.5. The van der Waals surface area contributed by atoms with Gasteiger partial charge in [-0.3, -0.25) is 4.79 Å². The lowest BCUT2D eigenvalue weighted by molar-refractivity contribution is 0.0953. The van der Waals surface area contributed by atoms with Crippen LogP contribution in [0.1, 0.15) is 35.7 Å². The van der Waals surface area contributed by atoms with Crippen LogP contribution in [0.15, 0.2) is 42.6 Å². The maximum atomic E-state index is 12.1. The van der Waals surface area contributed by atoms with E-state index in [2.05, 4.69) is 28.6 Å². The zero-order valence-corrected chi connectivity index (χ0v) is 14.3. The monoisotopic (exact) mass is 327 g/mol. The number of ether oxygens (including phenoxy) is 1. The van der Waals surface area contributed by atoms with Gasteiger partial charge < -0.3 is 15.4 Å². The molecular formula is C19H25N3O2. The average Bonchev–Trinajstić information content (AvgIpc) is 2.62. The number of nitrogens with one attached hydrogen (secondary N) is 2. The number of rotatable bonds is 9. The molecule has 0 saturated carbocycles. The van der Waals surface area contributed by atoms with E-state index in [1.807, 2.05) is 18.2 Å². The Labute approximate surface area is 143 Å². The number of unbranched alkanes of at least 4 members (excludes halogenated alkanes) is 1. The Morgan fingerprint density at radius 2 is 2.08 bits per heavy atom. The first kappa shape index (κ1) is 17.8. The van der Waals surface area contributed by atoms with E-state index in [0.717, 1.165) is 31.6 Å². The van der Waals surface area contributed by atoms with Gasteiger partial charge in [0.25, 0.3) is 5.91 Å². The number of amides is 1. The number of benzene rings is 1. The number of carbonyl (C=O) groups is 1. The molecule has 1 aromatic heterocycles. The molecule has 2 N–H and O–H groups in total. The zero-order valence-electron chi connectivity index (χ0n) is 14.3. The lowest BCUT2D eigenvalue weighted by atomic mass is 10.1. The molecule has 0 fully saturated rings. The van der Waals surface area contributed by atoms with Gasteiger partial charge in [-0.1, -0.05) is 25.5 Å². The van der Waals surface area contributed by atoms with Crippen LogP contribution in [0.4, 0.5) is 5.82 Å². The Kier molecular flexibility index (Phi) is 7.08. The predicted octanol–water partition coefficient (Wildman–Crippen LogP) is 3.27. The molecular weight excluding hydrogens is 302 g/mol. The molecule has 0 bridgehead atoms. The van der Waals surface area contributed by atoms with Crippen molar-refractivity contribution in [2.45, 2.75) is 26.2 Å². The first-order valence-electron chi connectivity index (χ1n) is 8.34. The fraction of sp³-hybridized carbons (Fsp3) is 0.368. The van der Waals surface area contributed by atoms with Crippen LogP contribution in [0.2, 0.25) is 0 Å². The van der Waals surface area contributed by atoms with Gasteiger partial charge in [-0.25, -0.2) is 4.98 Å². The summed E-state index contributed by atoms with van der Waals surface area (Å²) in [5.41, 5.74) is 1.82. The molecule has 0 saturated heterocycles. The van der Waals surface area contributed by atoms with Gasteiger partial charge in [-0.05, 0) is 42.7 Å². The number of hydrogen-bond donors (Lipinski definition) is 2. The summed E-state index contributed by atoms with van der Waals surface area (Å²) in [6.45, 7) is 3.54. The maximum Gasteiger partial charge on any atom is 0.251 e. The second-order valence-corrected chi connectivity index (χ2v) is 5.57. The number of aromatic nitrogens is 1. The van der Waals surface area contributed by atoms with Crippen molar-refractivity contribution in [2.24, 2.45) is 0 Å². The minimum absolute atomic E-state index is 0.0540. The predicted molar refractivity (Wildman–Crippen MR) is 96.7 cm³/mol. The van der Waals surface area contributed by atoms with E-state index in [-0.39, 0.29) is 5.91 Å². The molecule has 1 aromatic carbocycles. The topological polar surface area (TPSA) is 63.2 Å². The van der Waals surface area contributed by atoms with E-state index in [4.69, 9.17) is 4.74 Å². The quantitative estimate of drug-likeness (QED) is 0.694. The third-order valence-electron chi connectivity index (χ3n) is 3.69. The average molecular weight is 327 g/mol. The van der Waals surface area contributed by atoms with Crippen LogP contribution in [0.25, 0.3) is 0 Å². The molecule has 1 heterocycles. The summed E-state index contributed by atoms with van der Waals surface area (Å²) in [6.07, 6.45) is 4.56.